The Morgan fingerprint density at radius 2 is 0.882 bits per heavy atom. The van der Waals surface area contributed by atoms with Crippen LogP contribution < -0.4 is 10.6 Å². The van der Waals surface area contributed by atoms with Crippen molar-refractivity contribution in [2.45, 2.75) is 51.4 Å². The van der Waals surface area contributed by atoms with Crippen molar-refractivity contribution in [3.8, 4) is 0 Å². The smallest absolute Gasteiger partial charge is 0.407 e. The number of nitrogens with one attached hydrogen (secondary N) is 2. The van der Waals surface area contributed by atoms with Crippen molar-refractivity contribution in [1.29, 1.82) is 0 Å². The van der Waals surface area contributed by atoms with Crippen molar-refractivity contribution in [3.05, 3.63) is 0 Å². The lowest BCUT2D eigenvalue weighted by Crippen LogP contribution is -2.39. The number of Topliss-reactive ketones (excluding diaryl/α,β-unsaturated/α-hetero) is 2. The van der Waals surface area contributed by atoms with Gasteiger partial charge in [0.15, 0.2) is 11.6 Å². The van der Waals surface area contributed by atoms with E-state index in [0.717, 1.165) is 38.5 Å². The fourth-order valence-corrected chi connectivity index (χ4v) is 2.80. The molecule has 0 rings (SSSR count). The largest absolute Gasteiger partial charge is 0.444 e. The lowest BCUT2D eigenvalue weighted by Gasteiger charge is -2.23. The molecule has 0 saturated heterocycles. The quantitative estimate of drug-likeness (QED) is 0.213. The van der Waals surface area contributed by atoms with Gasteiger partial charge in [-0.05, 0) is 12.8 Å². The van der Waals surface area contributed by atoms with Crippen molar-refractivity contribution < 1.29 is 37.6 Å². The van der Waals surface area contributed by atoms with Gasteiger partial charge in [0, 0.05) is 12.8 Å². The Labute approximate surface area is 205 Å². The number of carbonyl (C=O) groups excluding carboxylic acids is 4. The maximum Gasteiger partial charge on any atom is 0.407 e. The number of likely N-dealkylation sites (N-methyl/N-ethyl adjacent to an activating group) is 2. The second kappa shape index (κ2) is 17.3. The van der Waals surface area contributed by atoms with Crippen molar-refractivity contribution in [2.24, 2.45) is 0 Å². The van der Waals surface area contributed by atoms with E-state index < -0.39 is 12.2 Å². The molecular weight excluding hydrogens is 440 g/mol. The fraction of sp³-hybridized carbons (Fsp3) is 0.833. The zero-order chi connectivity index (χ0) is 26.0. The molecule has 10 heteroatoms. The Kier molecular flexibility index (Phi) is 16.1. The Bertz CT molecular complexity index is 572. The molecule has 10 nitrogen and oxygen atoms in total. The molecule has 0 bridgehead atoms. The van der Waals surface area contributed by atoms with Crippen molar-refractivity contribution >= 4 is 23.8 Å². The summed E-state index contributed by atoms with van der Waals surface area (Å²) < 4.78 is 11.5. The molecule has 0 heterocycles. The van der Waals surface area contributed by atoms with Gasteiger partial charge in [0.2, 0.25) is 0 Å². The number of ether oxygens (including phenoxy) is 2. The molecular formula is C24H48N4O6+2. The minimum atomic E-state index is -0.553. The predicted octanol–water partition coefficient (Wildman–Crippen LogP) is 2.11. The number of nitrogens with zero attached hydrogens (tertiary/aromatic N) is 2. The van der Waals surface area contributed by atoms with E-state index in [2.05, 4.69) is 10.6 Å². The Morgan fingerprint density at radius 1 is 0.559 bits per heavy atom. The highest BCUT2D eigenvalue weighted by atomic mass is 16.6. The fourth-order valence-electron chi connectivity index (χ4n) is 2.80. The molecule has 0 atom stereocenters. The summed E-state index contributed by atoms with van der Waals surface area (Å²) in [4.78, 5) is 46.8. The van der Waals surface area contributed by atoms with Crippen LogP contribution in [-0.2, 0) is 19.1 Å². The van der Waals surface area contributed by atoms with E-state index in [1.165, 1.54) is 0 Å². The van der Waals surface area contributed by atoms with Gasteiger partial charge in [0.1, 0.15) is 26.3 Å². The average molecular weight is 489 g/mol. The highest BCUT2D eigenvalue weighted by molar-refractivity contribution is 5.84. The molecule has 0 aromatic rings. The number of carbonyl (C=O) groups is 4. The zero-order valence-corrected chi connectivity index (χ0v) is 22.2. The van der Waals surface area contributed by atoms with Crippen LogP contribution in [0.4, 0.5) is 9.59 Å². The van der Waals surface area contributed by atoms with Crippen molar-refractivity contribution in [2.75, 3.05) is 81.7 Å². The number of rotatable bonds is 19. The summed E-state index contributed by atoms with van der Waals surface area (Å²) in [5.74, 6) is -0.00436. The average Bonchev–Trinajstić information content (AvgIpc) is 2.70. The third-order valence-electron chi connectivity index (χ3n) is 5.01. The lowest BCUT2D eigenvalue weighted by atomic mass is 10.1. The van der Waals surface area contributed by atoms with Gasteiger partial charge in [0.05, 0.1) is 55.4 Å². The first kappa shape index (κ1) is 31.8. The first-order valence-electron chi connectivity index (χ1n) is 12.2. The van der Waals surface area contributed by atoms with Crippen LogP contribution in [0.1, 0.15) is 51.4 Å². The van der Waals surface area contributed by atoms with E-state index in [4.69, 9.17) is 9.47 Å². The van der Waals surface area contributed by atoms with Gasteiger partial charge in [-0.1, -0.05) is 25.7 Å². The van der Waals surface area contributed by atoms with Gasteiger partial charge < -0.3 is 29.1 Å². The van der Waals surface area contributed by atoms with E-state index in [-0.39, 0.29) is 24.7 Å². The third kappa shape index (κ3) is 23.0. The van der Waals surface area contributed by atoms with Gasteiger partial charge in [0.25, 0.3) is 0 Å². The van der Waals surface area contributed by atoms with E-state index >= 15 is 0 Å². The number of hydrogen-bond donors (Lipinski definition) is 2. The van der Waals surface area contributed by atoms with Crippen LogP contribution in [0, 0.1) is 0 Å². The summed E-state index contributed by atoms with van der Waals surface area (Å²) in [5, 5.41) is 4.99. The molecule has 0 aliphatic heterocycles. The van der Waals surface area contributed by atoms with Crippen molar-refractivity contribution in [3.63, 3.8) is 0 Å². The van der Waals surface area contributed by atoms with E-state index in [1.54, 1.807) is 0 Å². The SMILES string of the molecule is C[N+](C)(C)CCOC(=O)NCC(=O)CCCCCCCCC(=O)CNC(=O)OCC[N+](C)(C)C. The van der Waals surface area contributed by atoms with Gasteiger partial charge in [-0.25, -0.2) is 9.59 Å². The molecule has 0 fully saturated rings. The molecule has 0 saturated carbocycles. The van der Waals surface area contributed by atoms with Gasteiger partial charge in [-0.3, -0.25) is 9.59 Å². The molecule has 0 aliphatic carbocycles. The number of unbranched alkanes of at least 4 members (excludes halogenated alkanes) is 5. The molecule has 0 spiro atoms. The number of amides is 2. The molecule has 198 valence electrons. The minimum Gasteiger partial charge on any atom is -0.444 e. The number of ketones is 2. The number of alkyl carbamates (subject to hydrolysis) is 2. The Hall–Kier alpha value is -2.20. The molecule has 0 aromatic heterocycles. The highest BCUT2D eigenvalue weighted by Crippen LogP contribution is 2.09. The van der Waals surface area contributed by atoms with Crippen LogP contribution in [0.3, 0.4) is 0 Å². The third-order valence-corrected chi connectivity index (χ3v) is 5.01. The standard InChI is InChI=1S/C24H46N4O6/c1-27(2,3)15-17-33-23(31)25-19-21(29)13-11-9-7-8-10-12-14-22(30)20-26-24(32)34-18-16-28(4,5)6/h7-20H2,1-6H3/p+2. The van der Waals surface area contributed by atoms with Gasteiger partial charge >= 0.3 is 12.2 Å². The second-order valence-electron chi connectivity index (χ2n) is 10.7. The minimum absolute atomic E-state index is 0.00218. The number of quaternary nitrogens is 2. The molecule has 34 heavy (non-hydrogen) atoms. The Morgan fingerprint density at radius 3 is 1.21 bits per heavy atom. The van der Waals surface area contributed by atoms with Crippen molar-refractivity contribution in [1.82, 2.24) is 10.6 Å². The molecule has 0 aliphatic rings. The molecule has 0 aromatic carbocycles. The van der Waals surface area contributed by atoms with E-state index in [0.29, 0.717) is 48.1 Å². The van der Waals surface area contributed by atoms with Crippen LogP contribution in [0.5, 0.6) is 0 Å². The number of hydrogen-bond acceptors (Lipinski definition) is 6. The molecule has 2 amide bonds. The highest BCUT2D eigenvalue weighted by Gasteiger charge is 2.11. The van der Waals surface area contributed by atoms with Gasteiger partial charge in [-0.2, -0.15) is 0 Å². The van der Waals surface area contributed by atoms with Gasteiger partial charge in [-0.15, -0.1) is 0 Å². The first-order chi connectivity index (χ1) is 15.8. The first-order valence-corrected chi connectivity index (χ1v) is 12.2. The summed E-state index contributed by atoms with van der Waals surface area (Å²) in [7, 11) is 12.1. The van der Waals surface area contributed by atoms with Crippen LogP contribution in [0.15, 0.2) is 0 Å². The van der Waals surface area contributed by atoms with Crippen LogP contribution in [0.25, 0.3) is 0 Å². The lowest BCUT2D eigenvalue weighted by molar-refractivity contribution is -0.870. The summed E-state index contributed by atoms with van der Waals surface area (Å²) >= 11 is 0. The molecule has 2 N–H and O–H groups in total. The van der Waals surface area contributed by atoms with Crippen LogP contribution in [0.2, 0.25) is 0 Å². The second-order valence-corrected chi connectivity index (χ2v) is 10.7. The van der Waals surface area contributed by atoms with Crippen LogP contribution >= 0.6 is 0 Å². The molecule has 0 unspecified atom stereocenters. The topological polar surface area (TPSA) is 111 Å². The molecule has 0 radical (unpaired) electrons. The predicted molar refractivity (Wildman–Crippen MR) is 131 cm³/mol. The maximum atomic E-state index is 11.9. The van der Waals surface area contributed by atoms with Crippen LogP contribution in [-0.4, -0.2) is 114 Å². The summed E-state index contributed by atoms with van der Waals surface area (Å²) in [6.45, 7) is 2.05. The summed E-state index contributed by atoms with van der Waals surface area (Å²) in [6, 6.07) is 0. The van der Waals surface area contributed by atoms with E-state index in [9.17, 15) is 19.2 Å². The zero-order valence-electron chi connectivity index (χ0n) is 22.2. The van der Waals surface area contributed by atoms with E-state index in [1.807, 2.05) is 42.3 Å². The summed E-state index contributed by atoms with van der Waals surface area (Å²) in [5.41, 5.74) is 0. The normalized spacial score (nSPS) is 11.6. The maximum absolute atomic E-state index is 11.9. The monoisotopic (exact) mass is 488 g/mol. The summed E-state index contributed by atoms with van der Waals surface area (Å²) in [6.07, 6.45) is 5.22. The Balaban J connectivity index is 3.56.